The zero-order valence-electron chi connectivity index (χ0n) is 39.3. The number of aliphatic hydroxyl groups excluding tert-OH is 2. The van der Waals surface area contributed by atoms with E-state index in [1.54, 1.807) is 0 Å². The molecule has 0 radical (unpaired) electrons. The number of hydrogen-bond acceptors (Lipinski definition) is 5. The van der Waals surface area contributed by atoms with Gasteiger partial charge in [0, 0.05) is 6.42 Å². The second-order valence-corrected chi connectivity index (χ2v) is 16.9. The maximum absolute atomic E-state index is 13.1. The number of aliphatic hydroxyl groups is 2. The average Bonchev–Trinajstić information content (AvgIpc) is 3.24. The van der Waals surface area contributed by atoms with Crippen LogP contribution in [0.1, 0.15) is 233 Å². The van der Waals surface area contributed by atoms with Gasteiger partial charge in [0.2, 0.25) is 5.91 Å². The molecular weight excluding hydrogens is 743 g/mol. The Kier molecular flexibility index (Phi) is 45.2. The van der Waals surface area contributed by atoms with Crippen LogP contribution in [-0.2, 0) is 14.3 Å². The Bertz CT molecular complexity index is 1120. The number of unbranched alkanes of at least 4 members (excludes halogenated alkanes) is 25. The molecule has 3 N–H and O–H groups in total. The minimum absolute atomic E-state index is 0.0472. The fourth-order valence-corrected chi connectivity index (χ4v) is 7.29. The van der Waals surface area contributed by atoms with E-state index in [1.165, 1.54) is 128 Å². The topological polar surface area (TPSA) is 95.9 Å². The maximum atomic E-state index is 13.1. The molecule has 0 bridgehead atoms. The van der Waals surface area contributed by atoms with Crippen LogP contribution < -0.4 is 5.32 Å². The number of hydrogen-bond donors (Lipinski definition) is 3. The van der Waals surface area contributed by atoms with Gasteiger partial charge >= 0.3 is 5.97 Å². The molecule has 0 aromatic carbocycles. The smallest absolute Gasteiger partial charge is 0.306 e. The van der Waals surface area contributed by atoms with Crippen LogP contribution in [0.5, 0.6) is 0 Å². The number of carbonyl (C=O) groups excluding carboxylic acids is 2. The van der Waals surface area contributed by atoms with Crippen LogP contribution in [0.15, 0.2) is 72.9 Å². The van der Waals surface area contributed by atoms with Gasteiger partial charge in [-0.25, -0.2) is 0 Å². The molecule has 0 saturated heterocycles. The van der Waals surface area contributed by atoms with Gasteiger partial charge in [-0.2, -0.15) is 0 Å². The quantitative estimate of drug-likeness (QED) is 0.0246. The van der Waals surface area contributed by atoms with E-state index in [0.717, 1.165) is 57.8 Å². The standard InChI is InChI=1S/C54H95NO5/c1-4-7-10-13-16-19-22-24-25-26-27-29-31-34-37-40-43-46-52(57)51(49-56)55-53(58)48-50(45-42-39-36-33-30-21-18-15-12-9-6-3)60-54(59)47-44-41-38-35-32-28-23-20-17-14-11-8-5-2/h8,11,14,17,20,23,28,32-33,36,42,45,50-52,56-57H,4-7,9-10,12-13,15-16,18-19,21-22,24-27,29-31,34-35,37-41,43-44,46-49H2,1-3H3,(H,55,58)/b11-8+,17-14+,23-20-,32-28-,36-33-,45-42+. The first-order valence-corrected chi connectivity index (χ1v) is 25.2. The molecule has 0 aliphatic carbocycles. The number of amides is 1. The van der Waals surface area contributed by atoms with Crippen LogP contribution in [0.3, 0.4) is 0 Å². The average molecular weight is 838 g/mol. The summed E-state index contributed by atoms with van der Waals surface area (Å²) in [5, 5.41) is 23.7. The molecule has 0 spiro atoms. The van der Waals surface area contributed by atoms with Gasteiger partial charge < -0.3 is 20.3 Å². The van der Waals surface area contributed by atoms with E-state index < -0.39 is 18.2 Å². The molecule has 0 fully saturated rings. The Morgan fingerprint density at radius 2 is 1.00 bits per heavy atom. The molecular formula is C54H95NO5. The molecule has 0 saturated carbocycles. The molecule has 3 atom stereocenters. The van der Waals surface area contributed by atoms with Crippen LogP contribution in [-0.4, -0.2) is 46.9 Å². The monoisotopic (exact) mass is 838 g/mol. The lowest BCUT2D eigenvalue weighted by Gasteiger charge is -2.23. The summed E-state index contributed by atoms with van der Waals surface area (Å²) < 4.78 is 5.79. The van der Waals surface area contributed by atoms with Crippen LogP contribution in [0, 0.1) is 0 Å². The molecule has 0 heterocycles. The van der Waals surface area contributed by atoms with Crippen molar-refractivity contribution >= 4 is 11.9 Å². The summed E-state index contributed by atoms with van der Waals surface area (Å²) in [7, 11) is 0. The van der Waals surface area contributed by atoms with Crippen molar-refractivity contribution in [3.05, 3.63) is 72.9 Å². The third kappa shape index (κ3) is 42.0. The molecule has 0 rings (SSSR count). The number of rotatable bonds is 44. The van der Waals surface area contributed by atoms with E-state index in [-0.39, 0.29) is 24.9 Å². The highest BCUT2D eigenvalue weighted by Crippen LogP contribution is 2.16. The van der Waals surface area contributed by atoms with Gasteiger partial charge in [-0.15, -0.1) is 0 Å². The lowest BCUT2D eigenvalue weighted by molar-refractivity contribution is -0.148. The van der Waals surface area contributed by atoms with Gasteiger partial charge in [0.1, 0.15) is 6.10 Å². The first-order chi connectivity index (χ1) is 29.5. The predicted octanol–water partition coefficient (Wildman–Crippen LogP) is 15.0. The van der Waals surface area contributed by atoms with Gasteiger partial charge in [-0.05, 0) is 57.4 Å². The Balaban J connectivity index is 4.61. The van der Waals surface area contributed by atoms with Gasteiger partial charge in [0.05, 0.1) is 25.2 Å². The summed E-state index contributed by atoms with van der Waals surface area (Å²) >= 11 is 0. The van der Waals surface area contributed by atoms with Crippen LogP contribution in [0.2, 0.25) is 0 Å². The zero-order chi connectivity index (χ0) is 43.8. The SMILES string of the molecule is CC/C=C/C=C/C=C\C=C/CCCCCC(=O)OC(/C=C/C/C=C\CCCCCCCC)CC(=O)NC(CO)C(O)CCCCCCCCCCCCCCCCCCC. The number of nitrogens with one attached hydrogen (secondary N) is 1. The van der Waals surface area contributed by atoms with Crippen molar-refractivity contribution in [2.24, 2.45) is 0 Å². The molecule has 0 aliphatic rings. The third-order valence-corrected chi connectivity index (χ3v) is 11.1. The number of allylic oxidation sites excluding steroid dienone is 11. The Hall–Kier alpha value is -2.70. The lowest BCUT2D eigenvalue weighted by atomic mass is 10.0. The highest BCUT2D eigenvalue weighted by molar-refractivity contribution is 5.78. The second kappa shape index (κ2) is 47.4. The van der Waals surface area contributed by atoms with E-state index in [0.29, 0.717) is 19.3 Å². The van der Waals surface area contributed by atoms with Crippen LogP contribution in [0.4, 0.5) is 0 Å². The van der Waals surface area contributed by atoms with Gasteiger partial charge in [-0.1, -0.05) is 235 Å². The van der Waals surface area contributed by atoms with Crippen LogP contribution >= 0.6 is 0 Å². The Morgan fingerprint density at radius 3 is 1.53 bits per heavy atom. The minimum atomic E-state index is -0.820. The second-order valence-electron chi connectivity index (χ2n) is 16.9. The molecule has 0 aromatic heterocycles. The van der Waals surface area contributed by atoms with E-state index in [1.807, 2.05) is 42.5 Å². The molecule has 1 amide bonds. The van der Waals surface area contributed by atoms with Gasteiger partial charge in [0.15, 0.2) is 0 Å². The van der Waals surface area contributed by atoms with Crippen molar-refractivity contribution in [1.29, 1.82) is 0 Å². The highest BCUT2D eigenvalue weighted by atomic mass is 16.5. The Morgan fingerprint density at radius 1 is 0.533 bits per heavy atom. The summed E-state index contributed by atoms with van der Waals surface area (Å²) in [5.74, 6) is -0.652. The van der Waals surface area contributed by atoms with E-state index in [9.17, 15) is 19.8 Å². The van der Waals surface area contributed by atoms with E-state index in [2.05, 4.69) is 56.5 Å². The normalized spacial score (nSPS) is 13.9. The van der Waals surface area contributed by atoms with Crippen molar-refractivity contribution < 1.29 is 24.5 Å². The first-order valence-electron chi connectivity index (χ1n) is 25.2. The summed E-state index contributed by atoms with van der Waals surface area (Å²) in [6.07, 6.45) is 60.0. The molecule has 6 nitrogen and oxygen atoms in total. The molecule has 6 heteroatoms. The first kappa shape index (κ1) is 57.3. The summed E-state index contributed by atoms with van der Waals surface area (Å²) in [6.45, 7) is 6.29. The molecule has 0 aromatic rings. The zero-order valence-corrected chi connectivity index (χ0v) is 39.3. The largest absolute Gasteiger partial charge is 0.458 e. The number of ether oxygens (including phenoxy) is 1. The van der Waals surface area contributed by atoms with Crippen molar-refractivity contribution in [1.82, 2.24) is 5.32 Å². The summed E-state index contributed by atoms with van der Waals surface area (Å²) in [6, 6.07) is -0.743. The lowest BCUT2D eigenvalue weighted by Crippen LogP contribution is -2.46. The van der Waals surface area contributed by atoms with Crippen LogP contribution in [0.25, 0.3) is 0 Å². The molecule has 3 unspecified atom stereocenters. The van der Waals surface area contributed by atoms with Gasteiger partial charge in [0.25, 0.3) is 0 Å². The minimum Gasteiger partial charge on any atom is -0.458 e. The fraction of sp³-hybridized carbons (Fsp3) is 0.741. The van der Waals surface area contributed by atoms with Gasteiger partial charge in [-0.3, -0.25) is 9.59 Å². The van der Waals surface area contributed by atoms with Crippen molar-refractivity contribution in [3.63, 3.8) is 0 Å². The highest BCUT2D eigenvalue weighted by Gasteiger charge is 2.23. The third-order valence-electron chi connectivity index (χ3n) is 11.1. The van der Waals surface area contributed by atoms with E-state index in [4.69, 9.17) is 4.74 Å². The van der Waals surface area contributed by atoms with E-state index >= 15 is 0 Å². The number of carbonyl (C=O) groups is 2. The Labute approximate surface area is 371 Å². The number of esters is 1. The van der Waals surface area contributed by atoms with Crippen molar-refractivity contribution in [2.75, 3.05) is 6.61 Å². The molecule has 0 aliphatic heterocycles. The summed E-state index contributed by atoms with van der Waals surface area (Å²) in [5.41, 5.74) is 0. The van der Waals surface area contributed by atoms with Crippen molar-refractivity contribution in [2.45, 2.75) is 251 Å². The maximum Gasteiger partial charge on any atom is 0.306 e. The van der Waals surface area contributed by atoms with Crippen molar-refractivity contribution in [3.8, 4) is 0 Å². The fourth-order valence-electron chi connectivity index (χ4n) is 7.29. The molecule has 60 heavy (non-hydrogen) atoms. The predicted molar refractivity (Wildman–Crippen MR) is 259 cm³/mol. The molecule has 346 valence electrons. The summed E-state index contributed by atoms with van der Waals surface area (Å²) in [4.78, 5) is 26.0.